The van der Waals surface area contributed by atoms with Crippen molar-refractivity contribution in [1.82, 2.24) is 5.32 Å². The highest BCUT2D eigenvalue weighted by molar-refractivity contribution is 5.73. The first-order valence-electron chi connectivity index (χ1n) is 5.86. The number of carbonyl (C=O) groups is 1. The Labute approximate surface area is 103 Å². The van der Waals surface area contributed by atoms with Gasteiger partial charge in [-0.3, -0.25) is 4.79 Å². The number of benzene rings is 1. The van der Waals surface area contributed by atoms with Crippen LogP contribution < -0.4 is 5.32 Å². The Balaban J connectivity index is 2.62. The molecule has 1 rings (SSSR count). The van der Waals surface area contributed by atoms with Gasteiger partial charge in [-0.05, 0) is 33.3 Å². The Morgan fingerprint density at radius 3 is 2.65 bits per heavy atom. The van der Waals surface area contributed by atoms with E-state index in [0.29, 0.717) is 6.54 Å². The summed E-state index contributed by atoms with van der Waals surface area (Å²) in [5.41, 5.74) is 1.66. The van der Waals surface area contributed by atoms with Gasteiger partial charge in [0.15, 0.2) is 0 Å². The van der Waals surface area contributed by atoms with Crippen LogP contribution >= 0.6 is 0 Å². The van der Waals surface area contributed by atoms with Crippen LogP contribution in [0, 0.1) is 12.3 Å². The van der Waals surface area contributed by atoms with Crippen molar-refractivity contribution in [1.29, 1.82) is 0 Å². The fourth-order valence-corrected chi connectivity index (χ4v) is 1.54. The van der Waals surface area contributed by atoms with E-state index in [2.05, 4.69) is 30.4 Å². The Morgan fingerprint density at radius 2 is 2.12 bits per heavy atom. The molecule has 0 bridgehead atoms. The van der Waals surface area contributed by atoms with Gasteiger partial charge in [-0.1, -0.05) is 29.8 Å². The number of aliphatic carboxylic acids is 1. The number of hydrogen-bond donors (Lipinski definition) is 2. The van der Waals surface area contributed by atoms with E-state index in [1.54, 1.807) is 13.8 Å². The van der Waals surface area contributed by atoms with E-state index in [1.807, 2.05) is 13.0 Å². The molecule has 0 radical (unpaired) electrons. The molecule has 0 unspecified atom stereocenters. The second-order valence-electron chi connectivity index (χ2n) is 5.21. The lowest BCUT2D eigenvalue weighted by molar-refractivity contribution is -0.146. The van der Waals surface area contributed by atoms with Crippen LogP contribution in [0.15, 0.2) is 24.3 Å². The lowest BCUT2D eigenvalue weighted by atomic mass is 9.93. The van der Waals surface area contributed by atoms with Gasteiger partial charge in [0.05, 0.1) is 5.41 Å². The van der Waals surface area contributed by atoms with Crippen molar-refractivity contribution in [3.63, 3.8) is 0 Å². The van der Waals surface area contributed by atoms with E-state index in [4.69, 9.17) is 5.11 Å². The monoisotopic (exact) mass is 235 g/mol. The second kappa shape index (κ2) is 5.32. The van der Waals surface area contributed by atoms with Crippen molar-refractivity contribution in [2.45, 2.75) is 33.7 Å². The Morgan fingerprint density at radius 1 is 1.47 bits per heavy atom. The molecule has 3 heteroatoms. The first-order chi connectivity index (χ1) is 7.83. The molecule has 94 valence electrons. The molecule has 17 heavy (non-hydrogen) atoms. The largest absolute Gasteiger partial charge is 0.481 e. The summed E-state index contributed by atoms with van der Waals surface area (Å²) in [7, 11) is 0. The Kier molecular flexibility index (Phi) is 4.29. The summed E-state index contributed by atoms with van der Waals surface area (Å²) >= 11 is 0. The molecular weight excluding hydrogens is 214 g/mol. The molecule has 0 aliphatic carbocycles. The lowest BCUT2D eigenvalue weighted by Gasteiger charge is -2.23. The molecule has 0 aliphatic heterocycles. The number of hydrogen-bond acceptors (Lipinski definition) is 2. The van der Waals surface area contributed by atoms with Gasteiger partial charge in [0.25, 0.3) is 0 Å². The molecule has 1 aromatic carbocycles. The number of carboxylic acid groups (broad SMARTS) is 1. The Bertz CT molecular complexity index is 399. The quantitative estimate of drug-likeness (QED) is 0.825. The van der Waals surface area contributed by atoms with Crippen molar-refractivity contribution in [2.24, 2.45) is 5.41 Å². The third-order valence-electron chi connectivity index (χ3n) is 2.97. The first-order valence-corrected chi connectivity index (χ1v) is 5.86. The molecular formula is C14H21NO2. The van der Waals surface area contributed by atoms with Crippen molar-refractivity contribution in [3.8, 4) is 0 Å². The molecule has 0 aromatic heterocycles. The fourth-order valence-electron chi connectivity index (χ4n) is 1.54. The van der Waals surface area contributed by atoms with E-state index in [0.717, 1.165) is 0 Å². The molecule has 1 atom stereocenters. The molecule has 1 aromatic rings. The molecule has 2 N–H and O–H groups in total. The SMILES string of the molecule is Cc1cccc([C@@H](C)NCC(C)(C)C(=O)O)c1. The maximum Gasteiger partial charge on any atom is 0.310 e. The van der Waals surface area contributed by atoms with Crippen LogP contribution in [0.4, 0.5) is 0 Å². The molecule has 0 saturated carbocycles. The van der Waals surface area contributed by atoms with Gasteiger partial charge >= 0.3 is 5.97 Å². The predicted octanol–water partition coefficient (Wildman–Crippen LogP) is 2.76. The zero-order chi connectivity index (χ0) is 13.1. The maximum atomic E-state index is 11.0. The van der Waals surface area contributed by atoms with Gasteiger partial charge in [-0.15, -0.1) is 0 Å². The third kappa shape index (κ3) is 3.86. The van der Waals surface area contributed by atoms with E-state index >= 15 is 0 Å². The van der Waals surface area contributed by atoms with E-state index in [9.17, 15) is 4.79 Å². The summed E-state index contributed by atoms with van der Waals surface area (Å²) in [5.74, 6) is -0.776. The van der Waals surface area contributed by atoms with Gasteiger partial charge in [0.1, 0.15) is 0 Å². The van der Waals surface area contributed by atoms with Gasteiger partial charge in [-0.2, -0.15) is 0 Å². The highest BCUT2D eigenvalue weighted by Crippen LogP contribution is 2.18. The minimum atomic E-state index is -0.776. The molecule has 3 nitrogen and oxygen atoms in total. The standard InChI is InChI=1S/C14H21NO2/c1-10-6-5-7-12(8-10)11(2)15-9-14(3,4)13(16)17/h5-8,11,15H,9H2,1-4H3,(H,16,17)/t11-/m1/s1. The first kappa shape index (κ1) is 13.7. The van der Waals surface area contributed by atoms with Crippen LogP contribution in [-0.2, 0) is 4.79 Å². The highest BCUT2D eigenvalue weighted by Gasteiger charge is 2.27. The number of rotatable bonds is 5. The van der Waals surface area contributed by atoms with Crippen LogP contribution in [-0.4, -0.2) is 17.6 Å². The van der Waals surface area contributed by atoms with Crippen molar-refractivity contribution >= 4 is 5.97 Å². The van der Waals surface area contributed by atoms with Crippen LogP contribution in [0.1, 0.15) is 37.9 Å². The maximum absolute atomic E-state index is 11.0. The van der Waals surface area contributed by atoms with Crippen molar-refractivity contribution < 1.29 is 9.90 Å². The van der Waals surface area contributed by atoms with Crippen LogP contribution in [0.3, 0.4) is 0 Å². The summed E-state index contributed by atoms with van der Waals surface area (Å²) in [6.45, 7) is 8.01. The predicted molar refractivity (Wildman–Crippen MR) is 69.0 cm³/mol. The average molecular weight is 235 g/mol. The van der Waals surface area contributed by atoms with Gasteiger partial charge in [0, 0.05) is 12.6 Å². The van der Waals surface area contributed by atoms with E-state index in [-0.39, 0.29) is 6.04 Å². The number of aryl methyl sites for hydroxylation is 1. The van der Waals surface area contributed by atoms with Gasteiger partial charge in [0.2, 0.25) is 0 Å². The lowest BCUT2D eigenvalue weighted by Crippen LogP contribution is -2.37. The molecule has 0 amide bonds. The zero-order valence-corrected chi connectivity index (χ0v) is 10.9. The molecule has 0 heterocycles. The van der Waals surface area contributed by atoms with Gasteiger partial charge in [-0.25, -0.2) is 0 Å². The second-order valence-corrected chi connectivity index (χ2v) is 5.21. The van der Waals surface area contributed by atoms with Crippen LogP contribution in [0.5, 0.6) is 0 Å². The minimum Gasteiger partial charge on any atom is -0.481 e. The third-order valence-corrected chi connectivity index (χ3v) is 2.97. The number of nitrogens with one attached hydrogen (secondary N) is 1. The zero-order valence-electron chi connectivity index (χ0n) is 10.9. The summed E-state index contributed by atoms with van der Waals surface area (Å²) in [6, 6.07) is 8.40. The molecule has 0 aliphatic rings. The fraction of sp³-hybridized carbons (Fsp3) is 0.500. The highest BCUT2D eigenvalue weighted by atomic mass is 16.4. The average Bonchev–Trinajstić information content (AvgIpc) is 2.25. The summed E-state index contributed by atoms with van der Waals surface area (Å²) in [6.07, 6.45) is 0. The van der Waals surface area contributed by atoms with Crippen molar-refractivity contribution in [3.05, 3.63) is 35.4 Å². The number of carboxylic acids is 1. The van der Waals surface area contributed by atoms with Crippen LogP contribution in [0.2, 0.25) is 0 Å². The summed E-state index contributed by atoms with van der Waals surface area (Å²) in [5, 5.41) is 12.3. The van der Waals surface area contributed by atoms with E-state index < -0.39 is 11.4 Å². The molecule has 0 saturated heterocycles. The normalized spacial score (nSPS) is 13.4. The summed E-state index contributed by atoms with van der Waals surface area (Å²) < 4.78 is 0. The summed E-state index contributed by atoms with van der Waals surface area (Å²) in [4.78, 5) is 11.0. The minimum absolute atomic E-state index is 0.161. The molecule has 0 fully saturated rings. The smallest absolute Gasteiger partial charge is 0.310 e. The van der Waals surface area contributed by atoms with Crippen LogP contribution in [0.25, 0.3) is 0 Å². The topological polar surface area (TPSA) is 49.3 Å². The van der Waals surface area contributed by atoms with E-state index in [1.165, 1.54) is 11.1 Å². The van der Waals surface area contributed by atoms with Gasteiger partial charge < -0.3 is 10.4 Å². The molecule has 0 spiro atoms. The van der Waals surface area contributed by atoms with Crippen molar-refractivity contribution in [2.75, 3.05) is 6.54 Å². The Hall–Kier alpha value is -1.35.